The van der Waals surface area contributed by atoms with Gasteiger partial charge in [0.2, 0.25) is 10.0 Å². The summed E-state index contributed by atoms with van der Waals surface area (Å²) in [5.41, 5.74) is 0.418. The minimum Gasteiger partial charge on any atom is -0.343 e. The Morgan fingerprint density at radius 2 is 1.96 bits per heavy atom. The van der Waals surface area contributed by atoms with Crippen LogP contribution in [0.15, 0.2) is 66.1 Å². The second-order valence-electron chi connectivity index (χ2n) is 5.90. The number of nitrogens with zero attached hydrogens (tertiary/aromatic N) is 3. The lowest BCUT2D eigenvalue weighted by Gasteiger charge is -2.19. The van der Waals surface area contributed by atoms with Crippen LogP contribution in [0.25, 0.3) is 0 Å². The summed E-state index contributed by atoms with van der Waals surface area (Å²) in [6, 6.07) is 11.6. The lowest BCUT2D eigenvalue weighted by molar-refractivity contribution is 0.0927. The summed E-state index contributed by atoms with van der Waals surface area (Å²) in [6.07, 6.45) is 2.87. The number of benzene rings is 2. The van der Waals surface area contributed by atoms with Crippen molar-refractivity contribution in [1.29, 1.82) is 0 Å². The zero-order chi connectivity index (χ0) is 20.1. The number of hydrogen-bond acceptors (Lipinski definition) is 5. The van der Waals surface area contributed by atoms with Crippen molar-refractivity contribution < 1.29 is 17.6 Å². The fraction of sp³-hybridized carbons (Fsp3) is 0.167. The van der Waals surface area contributed by atoms with E-state index in [2.05, 4.69) is 20.1 Å². The quantitative estimate of drug-likeness (QED) is 0.622. The first-order valence-corrected chi connectivity index (χ1v) is 9.80. The third-order valence-electron chi connectivity index (χ3n) is 4.10. The standard InChI is InChI=1S/C18H18FN5O3S/c1-20-28(26,27)14-7-8-16(19)15(9-14)18(25)23-17(10-24-12-21-11-22-24)13-5-3-2-4-6-13/h2-9,11-12,17,20H,10H2,1H3,(H,23,25). The smallest absolute Gasteiger partial charge is 0.254 e. The Hall–Kier alpha value is -3.11. The van der Waals surface area contributed by atoms with E-state index in [0.717, 1.165) is 23.8 Å². The molecule has 0 bridgehead atoms. The highest BCUT2D eigenvalue weighted by Gasteiger charge is 2.22. The number of amides is 1. The van der Waals surface area contributed by atoms with Gasteiger partial charge in [-0.15, -0.1) is 0 Å². The highest BCUT2D eigenvalue weighted by atomic mass is 32.2. The van der Waals surface area contributed by atoms with Crippen LogP contribution in [0.5, 0.6) is 0 Å². The van der Waals surface area contributed by atoms with Gasteiger partial charge in [-0.25, -0.2) is 22.5 Å². The van der Waals surface area contributed by atoms with E-state index in [1.165, 1.54) is 24.4 Å². The van der Waals surface area contributed by atoms with Crippen LogP contribution in [-0.4, -0.2) is 36.1 Å². The lowest BCUT2D eigenvalue weighted by atomic mass is 10.1. The molecule has 2 aromatic carbocycles. The predicted octanol–water partition coefficient (Wildman–Crippen LogP) is 1.50. The van der Waals surface area contributed by atoms with Crippen LogP contribution in [0.1, 0.15) is 22.0 Å². The van der Waals surface area contributed by atoms with E-state index in [4.69, 9.17) is 0 Å². The number of hydrogen-bond donors (Lipinski definition) is 2. The minimum atomic E-state index is -3.81. The van der Waals surface area contributed by atoms with Gasteiger partial charge in [-0.2, -0.15) is 5.10 Å². The molecule has 2 N–H and O–H groups in total. The molecule has 0 aliphatic heterocycles. The van der Waals surface area contributed by atoms with Gasteiger partial charge in [0.25, 0.3) is 5.91 Å². The zero-order valence-electron chi connectivity index (χ0n) is 14.9. The summed E-state index contributed by atoms with van der Waals surface area (Å²) in [4.78, 5) is 16.4. The second-order valence-corrected chi connectivity index (χ2v) is 7.79. The Morgan fingerprint density at radius 1 is 1.21 bits per heavy atom. The fourth-order valence-corrected chi connectivity index (χ4v) is 3.39. The topological polar surface area (TPSA) is 106 Å². The Morgan fingerprint density at radius 3 is 2.61 bits per heavy atom. The molecule has 0 aliphatic rings. The molecule has 0 fully saturated rings. The highest BCUT2D eigenvalue weighted by Crippen LogP contribution is 2.19. The van der Waals surface area contributed by atoms with Gasteiger partial charge in [-0.05, 0) is 30.8 Å². The van der Waals surface area contributed by atoms with Crippen molar-refractivity contribution >= 4 is 15.9 Å². The third kappa shape index (κ3) is 4.41. The van der Waals surface area contributed by atoms with Gasteiger partial charge in [0.1, 0.15) is 18.5 Å². The van der Waals surface area contributed by atoms with E-state index in [1.807, 2.05) is 30.3 Å². The van der Waals surface area contributed by atoms with E-state index >= 15 is 0 Å². The van der Waals surface area contributed by atoms with Crippen molar-refractivity contribution in [2.24, 2.45) is 0 Å². The van der Waals surface area contributed by atoms with Crippen LogP contribution < -0.4 is 10.0 Å². The Bertz CT molecular complexity index is 1060. The molecule has 8 nitrogen and oxygen atoms in total. The number of sulfonamides is 1. The first kappa shape index (κ1) is 19.6. The largest absolute Gasteiger partial charge is 0.343 e. The van der Waals surface area contributed by atoms with E-state index in [1.54, 1.807) is 0 Å². The van der Waals surface area contributed by atoms with Crippen molar-refractivity contribution in [2.75, 3.05) is 7.05 Å². The molecule has 0 radical (unpaired) electrons. The van der Waals surface area contributed by atoms with Gasteiger partial charge < -0.3 is 5.32 Å². The normalized spacial score (nSPS) is 12.5. The Labute approximate surface area is 161 Å². The monoisotopic (exact) mass is 403 g/mol. The van der Waals surface area contributed by atoms with Crippen LogP contribution in [0.4, 0.5) is 4.39 Å². The minimum absolute atomic E-state index is 0.200. The SMILES string of the molecule is CNS(=O)(=O)c1ccc(F)c(C(=O)NC(Cn2cncn2)c2ccccc2)c1. The molecule has 28 heavy (non-hydrogen) atoms. The summed E-state index contributed by atoms with van der Waals surface area (Å²) in [6.45, 7) is 0.270. The molecular formula is C18H18FN5O3S. The van der Waals surface area contributed by atoms with Gasteiger partial charge >= 0.3 is 0 Å². The number of aromatic nitrogens is 3. The molecule has 1 heterocycles. The molecule has 0 aliphatic carbocycles. The molecule has 1 unspecified atom stereocenters. The molecule has 0 saturated carbocycles. The average molecular weight is 403 g/mol. The maximum Gasteiger partial charge on any atom is 0.254 e. The molecule has 10 heteroatoms. The number of carbonyl (C=O) groups is 1. The molecule has 1 amide bonds. The van der Waals surface area contributed by atoms with Gasteiger partial charge in [-0.1, -0.05) is 30.3 Å². The third-order valence-corrected chi connectivity index (χ3v) is 5.52. The van der Waals surface area contributed by atoms with E-state index in [9.17, 15) is 17.6 Å². The van der Waals surface area contributed by atoms with Crippen LogP contribution in [0, 0.1) is 5.82 Å². The lowest BCUT2D eigenvalue weighted by Crippen LogP contribution is -2.32. The van der Waals surface area contributed by atoms with Crippen molar-refractivity contribution in [3.8, 4) is 0 Å². The maximum absolute atomic E-state index is 14.2. The summed E-state index contributed by atoms with van der Waals surface area (Å²) in [5.74, 6) is -1.56. The molecule has 1 aromatic heterocycles. The van der Waals surface area contributed by atoms with Crippen LogP contribution in [0.2, 0.25) is 0 Å². The van der Waals surface area contributed by atoms with Gasteiger partial charge in [0.15, 0.2) is 0 Å². The fourth-order valence-electron chi connectivity index (χ4n) is 2.63. The van der Waals surface area contributed by atoms with Gasteiger partial charge in [-0.3, -0.25) is 9.48 Å². The van der Waals surface area contributed by atoms with Crippen LogP contribution in [0.3, 0.4) is 0 Å². The Balaban J connectivity index is 1.91. The van der Waals surface area contributed by atoms with E-state index in [-0.39, 0.29) is 17.0 Å². The first-order valence-electron chi connectivity index (χ1n) is 8.32. The highest BCUT2D eigenvalue weighted by molar-refractivity contribution is 7.89. The predicted molar refractivity (Wildman–Crippen MR) is 99.3 cm³/mol. The van der Waals surface area contributed by atoms with Crippen molar-refractivity contribution in [3.05, 3.63) is 78.1 Å². The molecule has 3 aromatic rings. The summed E-state index contributed by atoms with van der Waals surface area (Å²) in [5, 5.41) is 6.77. The molecular weight excluding hydrogens is 385 g/mol. The first-order chi connectivity index (χ1) is 13.4. The molecule has 3 rings (SSSR count). The number of halogens is 1. The van der Waals surface area contributed by atoms with Gasteiger partial charge in [0, 0.05) is 0 Å². The zero-order valence-corrected chi connectivity index (χ0v) is 15.7. The second kappa shape index (κ2) is 8.28. The summed E-state index contributed by atoms with van der Waals surface area (Å²) < 4.78 is 41.8. The van der Waals surface area contributed by atoms with Crippen LogP contribution >= 0.6 is 0 Å². The van der Waals surface area contributed by atoms with Crippen molar-refractivity contribution in [3.63, 3.8) is 0 Å². The number of nitrogens with one attached hydrogen (secondary N) is 2. The van der Waals surface area contributed by atoms with Crippen molar-refractivity contribution in [2.45, 2.75) is 17.5 Å². The van der Waals surface area contributed by atoms with E-state index in [0.29, 0.717) is 0 Å². The maximum atomic E-state index is 14.2. The molecule has 146 valence electrons. The Kier molecular flexibility index (Phi) is 5.81. The number of carbonyl (C=O) groups excluding carboxylic acids is 1. The average Bonchev–Trinajstić information content (AvgIpc) is 3.21. The van der Waals surface area contributed by atoms with Crippen molar-refractivity contribution in [1.82, 2.24) is 24.8 Å². The molecule has 0 spiro atoms. The van der Waals surface area contributed by atoms with E-state index < -0.39 is 27.8 Å². The summed E-state index contributed by atoms with van der Waals surface area (Å²) >= 11 is 0. The summed E-state index contributed by atoms with van der Waals surface area (Å²) in [7, 11) is -2.57. The van der Waals surface area contributed by atoms with Crippen LogP contribution in [-0.2, 0) is 16.6 Å². The number of rotatable bonds is 7. The van der Waals surface area contributed by atoms with Gasteiger partial charge in [0.05, 0.1) is 23.0 Å². The molecule has 1 atom stereocenters. The molecule has 0 saturated heterocycles.